The van der Waals surface area contributed by atoms with Gasteiger partial charge in [0.1, 0.15) is 12.4 Å². The van der Waals surface area contributed by atoms with Crippen molar-refractivity contribution in [3.63, 3.8) is 0 Å². The molecule has 0 aliphatic rings. The molecule has 8 heteroatoms. The van der Waals surface area contributed by atoms with Crippen LogP contribution in [0.3, 0.4) is 0 Å². The molecular formula is C15H16N4O4. The molecule has 1 heterocycles. The number of rotatable bonds is 5. The van der Waals surface area contributed by atoms with Crippen LogP contribution in [0, 0.1) is 0 Å². The summed E-state index contributed by atoms with van der Waals surface area (Å²) in [5.41, 5.74) is 0.754. The fourth-order valence-electron chi connectivity index (χ4n) is 1.84. The number of methoxy groups -OCH3 is 1. The molecule has 0 aliphatic carbocycles. The van der Waals surface area contributed by atoms with E-state index in [9.17, 15) is 14.4 Å². The maximum atomic E-state index is 12.0. The minimum absolute atomic E-state index is 0.0708. The molecule has 2 rings (SSSR count). The molecule has 0 radical (unpaired) electrons. The Kier molecular flexibility index (Phi) is 5.08. The zero-order chi connectivity index (χ0) is 16.8. The van der Waals surface area contributed by atoms with Gasteiger partial charge in [-0.05, 0) is 12.1 Å². The maximum Gasteiger partial charge on any atom is 0.325 e. The molecule has 2 amide bonds. The first-order chi connectivity index (χ1) is 11.0. The number of nitrogens with one attached hydrogen (secondary N) is 2. The summed E-state index contributed by atoms with van der Waals surface area (Å²) in [6.45, 7) is 1.10. The van der Waals surface area contributed by atoms with Crippen molar-refractivity contribution >= 4 is 23.6 Å². The average molecular weight is 316 g/mol. The van der Waals surface area contributed by atoms with Crippen LogP contribution in [0.5, 0.6) is 0 Å². The standard InChI is InChI=1S/C15H16N4O4/c1-10(20)17-13-8-12(15(22)16-9-14(21)23-2)18-19(13)11-6-4-3-5-7-11/h3-8H,9H2,1-2H3,(H,16,22)(H,17,20). The van der Waals surface area contributed by atoms with Gasteiger partial charge in [-0.3, -0.25) is 14.4 Å². The minimum atomic E-state index is -0.567. The lowest BCUT2D eigenvalue weighted by molar-refractivity contribution is -0.139. The Balaban J connectivity index is 2.28. The fourth-order valence-corrected chi connectivity index (χ4v) is 1.84. The normalized spacial score (nSPS) is 10.0. The quantitative estimate of drug-likeness (QED) is 0.792. The molecule has 23 heavy (non-hydrogen) atoms. The van der Waals surface area contributed by atoms with Gasteiger partial charge >= 0.3 is 5.97 Å². The number of aromatic nitrogens is 2. The molecule has 0 aliphatic heterocycles. The summed E-state index contributed by atoms with van der Waals surface area (Å²) in [5, 5.41) is 9.18. The van der Waals surface area contributed by atoms with Crippen LogP contribution >= 0.6 is 0 Å². The van der Waals surface area contributed by atoms with Gasteiger partial charge in [-0.2, -0.15) is 5.10 Å². The van der Waals surface area contributed by atoms with Gasteiger partial charge in [0.15, 0.2) is 5.69 Å². The Morgan fingerprint density at radius 2 is 1.91 bits per heavy atom. The SMILES string of the molecule is COC(=O)CNC(=O)c1cc(NC(C)=O)n(-c2ccccc2)n1. The summed E-state index contributed by atoms with van der Waals surface area (Å²) in [5.74, 6) is -1.05. The van der Waals surface area contributed by atoms with E-state index in [1.54, 1.807) is 12.1 Å². The highest BCUT2D eigenvalue weighted by Gasteiger charge is 2.16. The Morgan fingerprint density at radius 3 is 2.52 bits per heavy atom. The minimum Gasteiger partial charge on any atom is -0.468 e. The molecule has 1 aromatic carbocycles. The summed E-state index contributed by atoms with van der Waals surface area (Å²) in [6.07, 6.45) is 0. The van der Waals surface area contributed by atoms with Crippen LogP contribution in [-0.4, -0.2) is 41.2 Å². The van der Waals surface area contributed by atoms with E-state index in [1.807, 2.05) is 18.2 Å². The van der Waals surface area contributed by atoms with E-state index in [2.05, 4.69) is 20.5 Å². The number of para-hydroxylation sites is 1. The topological polar surface area (TPSA) is 102 Å². The third kappa shape index (κ3) is 4.16. The number of anilines is 1. The van der Waals surface area contributed by atoms with Crippen molar-refractivity contribution < 1.29 is 19.1 Å². The largest absolute Gasteiger partial charge is 0.468 e. The second-order valence-electron chi connectivity index (χ2n) is 4.60. The lowest BCUT2D eigenvalue weighted by Gasteiger charge is -2.06. The zero-order valence-electron chi connectivity index (χ0n) is 12.7. The molecule has 2 aromatic rings. The number of ether oxygens (including phenoxy) is 1. The highest BCUT2D eigenvalue weighted by Crippen LogP contribution is 2.17. The van der Waals surface area contributed by atoms with Gasteiger partial charge in [0.2, 0.25) is 5.91 Å². The number of nitrogens with zero attached hydrogens (tertiary/aromatic N) is 2. The lowest BCUT2D eigenvalue weighted by Crippen LogP contribution is -2.30. The number of carbonyl (C=O) groups is 3. The van der Waals surface area contributed by atoms with Crippen molar-refractivity contribution in [2.75, 3.05) is 19.0 Å². The average Bonchev–Trinajstić information content (AvgIpc) is 2.96. The monoisotopic (exact) mass is 316 g/mol. The smallest absolute Gasteiger partial charge is 0.325 e. The van der Waals surface area contributed by atoms with Crippen LogP contribution in [0.4, 0.5) is 5.82 Å². The number of carbonyl (C=O) groups excluding carboxylic acids is 3. The summed E-state index contributed by atoms with van der Waals surface area (Å²) >= 11 is 0. The summed E-state index contributed by atoms with van der Waals surface area (Å²) < 4.78 is 5.89. The van der Waals surface area contributed by atoms with Crippen LogP contribution < -0.4 is 10.6 Å². The van der Waals surface area contributed by atoms with E-state index < -0.39 is 11.9 Å². The van der Waals surface area contributed by atoms with Gasteiger partial charge in [0.25, 0.3) is 5.91 Å². The molecule has 2 N–H and O–H groups in total. The predicted molar refractivity (Wildman–Crippen MR) is 82.2 cm³/mol. The molecule has 0 atom stereocenters. The fraction of sp³-hybridized carbons (Fsp3) is 0.200. The highest BCUT2D eigenvalue weighted by atomic mass is 16.5. The Morgan fingerprint density at radius 1 is 1.22 bits per heavy atom. The van der Waals surface area contributed by atoms with E-state index >= 15 is 0 Å². The van der Waals surface area contributed by atoms with E-state index in [0.29, 0.717) is 11.5 Å². The van der Waals surface area contributed by atoms with E-state index in [0.717, 1.165) is 0 Å². The number of esters is 1. The van der Waals surface area contributed by atoms with Crippen LogP contribution in [0.25, 0.3) is 5.69 Å². The van der Waals surface area contributed by atoms with Gasteiger partial charge in [0, 0.05) is 13.0 Å². The molecule has 0 bridgehead atoms. The first kappa shape index (κ1) is 16.2. The van der Waals surface area contributed by atoms with E-state index in [1.165, 1.54) is 24.8 Å². The van der Waals surface area contributed by atoms with E-state index in [-0.39, 0.29) is 18.1 Å². The van der Waals surface area contributed by atoms with Crippen LogP contribution in [0.2, 0.25) is 0 Å². The Labute approximate surface area is 132 Å². The van der Waals surface area contributed by atoms with Crippen molar-refractivity contribution in [3.05, 3.63) is 42.1 Å². The molecule has 0 fully saturated rings. The van der Waals surface area contributed by atoms with Gasteiger partial charge in [-0.15, -0.1) is 0 Å². The molecule has 0 spiro atoms. The second-order valence-corrected chi connectivity index (χ2v) is 4.60. The number of hydrogen-bond donors (Lipinski definition) is 2. The molecule has 0 saturated carbocycles. The van der Waals surface area contributed by atoms with Gasteiger partial charge in [-0.25, -0.2) is 4.68 Å². The van der Waals surface area contributed by atoms with Crippen LogP contribution in [0.1, 0.15) is 17.4 Å². The molecular weight excluding hydrogens is 300 g/mol. The third-order valence-corrected chi connectivity index (χ3v) is 2.87. The van der Waals surface area contributed by atoms with Crippen molar-refractivity contribution in [1.82, 2.24) is 15.1 Å². The molecule has 0 saturated heterocycles. The Bertz CT molecular complexity index is 724. The van der Waals surface area contributed by atoms with Crippen molar-refractivity contribution in [2.24, 2.45) is 0 Å². The molecule has 1 aromatic heterocycles. The van der Waals surface area contributed by atoms with Crippen LogP contribution in [-0.2, 0) is 14.3 Å². The first-order valence-electron chi connectivity index (χ1n) is 6.79. The van der Waals surface area contributed by atoms with E-state index in [4.69, 9.17) is 0 Å². The van der Waals surface area contributed by atoms with Crippen LogP contribution in [0.15, 0.2) is 36.4 Å². The summed E-state index contributed by atoms with van der Waals surface area (Å²) in [4.78, 5) is 34.4. The van der Waals surface area contributed by atoms with Gasteiger partial charge in [0.05, 0.1) is 12.8 Å². The predicted octanol–water partition coefficient (Wildman–Crippen LogP) is 0.733. The summed E-state index contributed by atoms with van der Waals surface area (Å²) in [6, 6.07) is 10.5. The van der Waals surface area contributed by atoms with Crippen molar-refractivity contribution in [1.29, 1.82) is 0 Å². The van der Waals surface area contributed by atoms with Crippen molar-refractivity contribution in [3.8, 4) is 5.69 Å². The van der Waals surface area contributed by atoms with Gasteiger partial charge < -0.3 is 15.4 Å². The first-order valence-corrected chi connectivity index (χ1v) is 6.79. The lowest BCUT2D eigenvalue weighted by atomic mass is 10.3. The highest BCUT2D eigenvalue weighted by molar-refractivity contribution is 5.96. The van der Waals surface area contributed by atoms with Gasteiger partial charge in [-0.1, -0.05) is 18.2 Å². The number of benzene rings is 1. The third-order valence-electron chi connectivity index (χ3n) is 2.87. The maximum absolute atomic E-state index is 12.0. The zero-order valence-corrected chi connectivity index (χ0v) is 12.7. The molecule has 120 valence electrons. The summed E-state index contributed by atoms with van der Waals surface area (Å²) in [7, 11) is 1.23. The number of hydrogen-bond acceptors (Lipinski definition) is 5. The van der Waals surface area contributed by atoms with Crippen molar-refractivity contribution in [2.45, 2.75) is 6.92 Å². The molecule has 8 nitrogen and oxygen atoms in total. The number of amides is 2. The Hall–Kier alpha value is -3.16. The molecule has 0 unspecified atom stereocenters. The second kappa shape index (κ2) is 7.21.